The van der Waals surface area contributed by atoms with Gasteiger partial charge in [0.1, 0.15) is 10.6 Å². The first-order valence-corrected chi connectivity index (χ1v) is 11.5. The number of carbonyl (C=O) groups excluding carboxylic acids is 2. The van der Waals surface area contributed by atoms with Gasteiger partial charge in [0, 0.05) is 4.88 Å². The summed E-state index contributed by atoms with van der Waals surface area (Å²) in [4.78, 5) is 46.2. The van der Waals surface area contributed by atoms with Crippen LogP contribution in [0.1, 0.15) is 38.3 Å². The lowest BCUT2D eigenvalue weighted by atomic mass is 10.1. The molecule has 0 fully saturated rings. The number of imide groups is 1. The van der Waals surface area contributed by atoms with Crippen molar-refractivity contribution in [3.63, 3.8) is 0 Å². The molecule has 4 aromatic rings. The molecule has 1 aliphatic heterocycles. The second-order valence-electron chi connectivity index (χ2n) is 7.01. The lowest BCUT2D eigenvalue weighted by Crippen LogP contribution is -2.30. The van der Waals surface area contributed by atoms with E-state index in [1.54, 1.807) is 42.7 Å². The van der Waals surface area contributed by atoms with E-state index in [0.717, 1.165) is 11.3 Å². The van der Waals surface area contributed by atoms with E-state index < -0.39 is 0 Å². The van der Waals surface area contributed by atoms with Crippen molar-refractivity contribution in [2.24, 2.45) is 0 Å². The molecule has 0 saturated carbocycles. The number of hydrogen-bond acceptors (Lipinski definition) is 7. The average Bonchev–Trinajstić information content (AvgIpc) is 3.50. The molecule has 0 saturated heterocycles. The zero-order chi connectivity index (χ0) is 21.5. The standard InChI is InChI=1S/C22H17N3O4S2/c1-2-14-10-17-18(31-14)23-22(24(21(17)28)11-13-6-5-9-29-13)30-12-25-19(26)15-7-3-4-8-16(15)20(25)27/h3-10H,2,11-12H2,1H3. The molecule has 156 valence electrons. The van der Waals surface area contributed by atoms with Crippen LogP contribution in [0.5, 0.6) is 0 Å². The molecule has 7 nitrogen and oxygen atoms in total. The number of carbonyl (C=O) groups is 2. The van der Waals surface area contributed by atoms with Crippen molar-refractivity contribution >= 4 is 45.1 Å². The number of aromatic nitrogens is 2. The highest BCUT2D eigenvalue weighted by Gasteiger charge is 2.35. The van der Waals surface area contributed by atoms with E-state index in [0.29, 0.717) is 32.3 Å². The van der Waals surface area contributed by atoms with Crippen LogP contribution >= 0.6 is 23.1 Å². The summed E-state index contributed by atoms with van der Waals surface area (Å²) in [6, 6.07) is 12.2. The Morgan fingerprint density at radius 3 is 2.45 bits per heavy atom. The fourth-order valence-corrected chi connectivity index (χ4v) is 5.46. The first-order chi connectivity index (χ1) is 15.1. The van der Waals surface area contributed by atoms with Gasteiger partial charge < -0.3 is 4.42 Å². The van der Waals surface area contributed by atoms with Crippen LogP contribution in [0, 0.1) is 0 Å². The highest BCUT2D eigenvalue weighted by molar-refractivity contribution is 7.99. The van der Waals surface area contributed by atoms with Gasteiger partial charge in [0.2, 0.25) is 0 Å². The number of thiophene rings is 1. The predicted molar refractivity (Wildman–Crippen MR) is 119 cm³/mol. The highest BCUT2D eigenvalue weighted by atomic mass is 32.2. The molecular formula is C22H17N3O4S2. The molecule has 4 heterocycles. The first-order valence-electron chi connectivity index (χ1n) is 9.70. The maximum absolute atomic E-state index is 13.2. The average molecular weight is 452 g/mol. The summed E-state index contributed by atoms with van der Waals surface area (Å²) >= 11 is 2.67. The van der Waals surface area contributed by atoms with Crippen LogP contribution < -0.4 is 5.56 Å². The Balaban J connectivity index is 1.51. The van der Waals surface area contributed by atoms with Gasteiger partial charge in [0.05, 0.1) is 35.2 Å². The Morgan fingerprint density at radius 2 is 1.81 bits per heavy atom. The van der Waals surface area contributed by atoms with Gasteiger partial charge in [-0.15, -0.1) is 11.3 Å². The normalized spacial score (nSPS) is 13.4. The minimum absolute atomic E-state index is 0.0639. The second kappa shape index (κ2) is 7.82. The molecule has 0 aliphatic carbocycles. The third-order valence-electron chi connectivity index (χ3n) is 5.11. The Morgan fingerprint density at radius 1 is 1.06 bits per heavy atom. The minimum atomic E-state index is -0.335. The Kier molecular flexibility index (Phi) is 4.99. The lowest BCUT2D eigenvalue weighted by Gasteiger charge is -2.15. The number of furan rings is 1. The van der Waals surface area contributed by atoms with Crippen molar-refractivity contribution in [1.29, 1.82) is 0 Å². The number of hydrogen-bond donors (Lipinski definition) is 0. The van der Waals surface area contributed by atoms with E-state index in [9.17, 15) is 14.4 Å². The van der Waals surface area contributed by atoms with Crippen molar-refractivity contribution in [3.05, 3.63) is 80.8 Å². The molecule has 3 aromatic heterocycles. The summed E-state index contributed by atoms with van der Waals surface area (Å²) < 4.78 is 6.97. The second-order valence-corrected chi connectivity index (χ2v) is 9.03. The number of thioether (sulfide) groups is 1. The summed E-state index contributed by atoms with van der Waals surface area (Å²) in [6.07, 6.45) is 2.37. The number of nitrogens with zero attached hydrogens (tertiary/aromatic N) is 3. The van der Waals surface area contributed by atoms with Crippen LogP contribution in [0.25, 0.3) is 10.2 Å². The van der Waals surface area contributed by atoms with E-state index >= 15 is 0 Å². The Hall–Kier alpha value is -3.17. The summed E-state index contributed by atoms with van der Waals surface area (Å²) in [5.41, 5.74) is 0.632. The smallest absolute Gasteiger partial charge is 0.263 e. The molecule has 5 rings (SSSR count). The molecule has 0 N–H and O–H groups in total. The van der Waals surface area contributed by atoms with Crippen LogP contribution in [0.2, 0.25) is 0 Å². The van der Waals surface area contributed by atoms with E-state index in [4.69, 9.17) is 9.40 Å². The number of rotatable bonds is 6. The van der Waals surface area contributed by atoms with Crippen molar-refractivity contribution < 1.29 is 14.0 Å². The SMILES string of the molecule is CCc1cc2c(=O)n(Cc3ccco3)c(SCN3C(=O)c4ccccc4C3=O)nc2s1. The van der Waals surface area contributed by atoms with Gasteiger partial charge in [-0.3, -0.25) is 23.9 Å². The number of benzene rings is 1. The van der Waals surface area contributed by atoms with E-state index in [1.807, 2.05) is 13.0 Å². The van der Waals surface area contributed by atoms with Crippen LogP contribution in [-0.4, -0.2) is 32.1 Å². The molecule has 0 bridgehead atoms. The fraction of sp³-hybridized carbons (Fsp3) is 0.182. The molecule has 0 atom stereocenters. The molecule has 2 amide bonds. The van der Waals surface area contributed by atoms with Crippen molar-refractivity contribution in [3.8, 4) is 0 Å². The molecule has 0 unspecified atom stereocenters. The molecule has 31 heavy (non-hydrogen) atoms. The van der Waals surface area contributed by atoms with Gasteiger partial charge in [-0.25, -0.2) is 4.98 Å². The fourth-order valence-electron chi connectivity index (χ4n) is 3.51. The van der Waals surface area contributed by atoms with Gasteiger partial charge in [0.25, 0.3) is 17.4 Å². The Bertz CT molecular complexity index is 1340. The number of fused-ring (bicyclic) bond motifs is 2. The maximum atomic E-state index is 13.2. The van der Waals surface area contributed by atoms with Crippen molar-refractivity contribution in [1.82, 2.24) is 14.5 Å². The maximum Gasteiger partial charge on any atom is 0.263 e. The van der Waals surface area contributed by atoms with Crippen LogP contribution in [-0.2, 0) is 13.0 Å². The summed E-state index contributed by atoms with van der Waals surface area (Å²) in [5, 5.41) is 1.01. The van der Waals surface area contributed by atoms with Gasteiger partial charge in [0.15, 0.2) is 5.16 Å². The van der Waals surface area contributed by atoms with Crippen molar-refractivity contribution in [2.75, 3.05) is 5.88 Å². The minimum Gasteiger partial charge on any atom is -0.467 e. The molecule has 0 radical (unpaired) electrons. The predicted octanol–water partition coefficient (Wildman–Crippen LogP) is 4.01. The van der Waals surface area contributed by atoms with Gasteiger partial charge in [-0.2, -0.15) is 0 Å². The van der Waals surface area contributed by atoms with Crippen LogP contribution in [0.4, 0.5) is 0 Å². The molecular weight excluding hydrogens is 434 g/mol. The summed E-state index contributed by atoms with van der Waals surface area (Å²) in [5.74, 6) is 0.0165. The summed E-state index contributed by atoms with van der Waals surface area (Å²) in [7, 11) is 0. The lowest BCUT2D eigenvalue weighted by molar-refractivity contribution is 0.0684. The zero-order valence-electron chi connectivity index (χ0n) is 16.5. The zero-order valence-corrected chi connectivity index (χ0v) is 18.2. The van der Waals surface area contributed by atoms with E-state index in [2.05, 4.69) is 0 Å². The van der Waals surface area contributed by atoms with Gasteiger partial charge >= 0.3 is 0 Å². The molecule has 9 heteroatoms. The monoisotopic (exact) mass is 451 g/mol. The Labute approximate surface area is 185 Å². The third kappa shape index (κ3) is 3.39. The van der Waals surface area contributed by atoms with Crippen LogP contribution in [0.3, 0.4) is 0 Å². The molecule has 1 aromatic carbocycles. The third-order valence-corrected chi connectivity index (χ3v) is 7.24. The first kappa shape index (κ1) is 19.8. The van der Waals surface area contributed by atoms with Crippen LogP contribution in [0.15, 0.2) is 63.1 Å². The van der Waals surface area contributed by atoms with E-state index in [1.165, 1.54) is 32.6 Å². The van der Waals surface area contributed by atoms with Gasteiger partial charge in [-0.05, 0) is 36.8 Å². The van der Waals surface area contributed by atoms with Gasteiger partial charge in [-0.1, -0.05) is 30.8 Å². The molecule has 0 spiro atoms. The summed E-state index contributed by atoms with van der Waals surface area (Å²) in [6.45, 7) is 2.25. The van der Waals surface area contributed by atoms with E-state index in [-0.39, 0.29) is 29.8 Å². The van der Waals surface area contributed by atoms with Crippen molar-refractivity contribution in [2.45, 2.75) is 25.0 Å². The quantitative estimate of drug-likeness (QED) is 0.250. The number of amides is 2. The number of aryl methyl sites for hydroxylation is 1. The largest absolute Gasteiger partial charge is 0.467 e. The molecule has 1 aliphatic rings. The highest BCUT2D eigenvalue weighted by Crippen LogP contribution is 2.29. The topological polar surface area (TPSA) is 85.4 Å².